The lowest BCUT2D eigenvalue weighted by Gasteiger charge is -2.26. The van der Waals surface area contributed by atoms with Crippen LogP contribution in [0.3, 0.4) is 0 Å². The van der Waals surface area contributed by atoms with Crippen LogP contribution in [0.4, 0.5) is 0 Å². The van der Waals surface area contributed by atoms with Gasteiger partial charge in [0.05, 0.1) is 30.5 Å². The fourth-order valence-corrected chi connectivity index (χ4v) is 2.55. The number of hydrogen-bond donors (Lipinski definition) is 2. The van der Waals surface area contributed by atoms with E-state index in [1.165, 1.54) is 0 Å². The summed E-state index contributed by atoms with van der Waals surface area (Å²) in [6, 6.07) is 9.29. The van der Waals surface area contributed by atoms with Gasteiger partial charge in [-0.1, -0.05) is 30.3 Å². The first kappa shape index (κ1) is 12.9. The third kappa shape index (κ3) is 2.32. The molecule has 2 aromatic rings. The molecule has 1 aliphatic heterocycles. The second kappa shape index (κ2) is 4.76. The van der Waals surface area contributed by atoms with Crippen molar-refractivity contribution in [3.63, 3.8) is 0 Å². The first-order chi connectivity index (χ1) is 9.56. The Balaban J connectivity index is 1.69. The molecule has 2 N–H and O–H groups in total. The third-order valence-electron chi connectivity index (χ3n) is 3.76. The number of carbonyl (C=O) groups excluding carboxylic acids is 1. The number of aromatic nitrogens is 2. The number of carbonyl (C=O) groups is 1. The highest BCUT2D eigenvalue weighted by Gasteiger charge is 2.31. The van der Waals surface area contributed by atoms with Crippen molar-refractivity contribution >= 4 is 5.91 Å². The van der Waals surface area contributed by atoms with Crippen LogP contribution in [0.2, 0.25) is 0 Å². The van der Waals surface area contributed by atoms with Gasteiger partial charge in [0.25, 0.3) is 0 Å². The van der Waals surface area contributed by atoms with Crippen LogP contribution in [0.1, 0.15) is 30.2 Å². The van der Waals surface area contributed by atoms with E-state index in [1.807, 2.05) is 30.3 Å². The molecular weight excluding hydrogens is 254 g/mol. The Morgan fingerprint density at radius 1 is 1.40 bits per heavy atom. The second-order valence-electron chi connectivity index (χ2n) is 5.44. The van der Waals surface area contributed by atoms with E-state index in [0.29, 0.717) is 13.1 Å². The van der Waals surface area contributed by atoms with Gasteiger partial charge in [0.15, 0.2) is 0 Å². The van der Waals surface area contributed by atoms with E-state index in [1.54, 1.807) is 18.0 Å². The minimum atomic E-state index is -1.15. The molecule has 5 nitrogen and oxygen atoms in total. The number of aliphatic hydroxyl groups is 1. The maximum atomic E-state index is 12.3. The van der Waals surface area contributed by atoms with Gasteiger partial charge in [0.1, 0.15) is 0 Å². The van der Waals surface area contributed by atoms with Gasteiger partial charge in [-0.2, -0.15) is 5.10 Å². The molecule has 2 heterocycles. The highest BCUT2D eigenvalue weighted by molar-refractivity contribution is 5.78. The monoisotopic (exact) mass is 271 g/mol. The molecule has 1 amide bonds. The van der Waals surface area contributed by atoms with Crippen molar-refractivity contribution in [2.75, 3.05) is 0 Å². The first-order valence-electron chi connectivity index (χ1n) is 6.63. The lowest BCUT2D eigenvalue weighted by molar-refractivity contribution is -0.136. The van der Waals surface area contributed by atoms with Crippen LogP contribution >= 0.6 is 0 Å². The molecule has 0 spiro atoms. The largest absolute Gasteiger partial charge is 0.385 e. The SMILES string of the molecule is CC(O)(CC(=O)N1Cc2cn[nH]c2C1)c1ccccc1. The van der Waals surface area contributed by atoms with E-state index in [4.69, 9.17) is 0 Å². The van der Waals surface area contributed by atoms with Crippen molar-refractivity contribution in [1.82, 2.24) is 15.1 Å². The first-order valence-corrected chi connectivity index (χ1v) is 6.63. The molecule has 1 aliphatic rings. The van der Waals surface area contributed by atoms with E-state index >= 15 is 0 Å². The molecular formula is C15H17N3O2. The number of benzene rings is 1. The van der Waals surface area contributed by atoms with Crippen LogP contribution in [0.25, 0.3) is 0 Å². The van der Waals surface area contributed by atoms with Gasteiger partial charge in [-0.3, -0.25) is 9.89 Å². The predicted molar refractivity (Wildman–Crippen MR) is 73.5 cm³/mol. The lowest BCUT2D eigenvalue weighted by Crippen LogP contribution is -2.33. The van der Waals surface area contributed by atoms with Gasteiger partial charge in [0, 0.05) is 12.1 Å². The normalized spacial score (nSPS) is 16.8. The van der Waals surface area contributed by atoms with Crippen LogP contribution in [-0.4, -0.2) is 26.1 Å². The molecule has 0 fully saturated rings. The number of aromatic amines is 1. The topological polar surface area (TPSA) is 69.2 Å². The Morgan fingerprint density at radius 2 is 2.15 bits per heavy atom. The molecule has 1 aromatic heterocycles. The number of H-pyrrole nitrogens is 1. The van der Waals surface area contributed by atoms with Crippen LogP contribution in [-0.2, 0) is 23.5 Å². The molecule has 1 unspecified atom stereocenters. The molecule has 104 valence electrons. The van der Waals surface area contributed by atoms with E-state index in [0.717, 1.165) is 16.8 Å². The van der Waals surface area contributed by atoms with Crippen molar-refractivity contribution in [3.05, 3.63) is 53.3 Å². The molecule has 0 bridgehead atoms. The summed E-state index contributed by atoms with van der Waals surface area (Å²) in [5, 5.41) is 17.4. The minimum Gasteiger partial charge on any atom is -0.385 e. The number of nitrogens with zero attached hydrogens (tertiary/aromatic N) is 2. The molecule has 20 heavy (non-hydrogen) atoms. The molecule has 0 aliphatic carbocycles. The van der Waals surface area contributed by atoms with E-state index in [2.05, 4.69) is 10.2 Å². The van der Waals surface area contributed by atoms with Gasteiger partial charge in [-0.05, 0) is 12.5 Å². The molecule has 3 rings (SSSR count). The highest BCUT2D eigenvalue weighted by atomic mass is 16.3. The van der Waals surface area contributed by atoms with Crippen LogP contribution < -0.4 is 0 Å². The Kier molecular flexibility index (Phi) is 3.06. The fourth-order valence-electron chi connectivity index (χ4n) is 2.55. The molecule has 0 saturated carbocycles. The van der Waals surface area contributed by atoms with Crippen LogP contribution in [0, 0.1) is 0 Å². The van der Waals surface area contributed by atoms with Crippen molar-refractivity contribution in [3.8, 4) is 0 Å². The van der Waals surface area contributed by atoms with Gasteiger partial charge >= 0.3 is 0 Å². The summed E-state index contributed by atoms with van der Waals surface area (Å²) in [5.41, 5.74) is 1.65. The third-order valence-corrected chi connectivity index (χ3v) is 3.76. The van der Waals surface area contributed by atoms with E-state index in [-0.39, 0.29) is 12.3 Å². The molecule has 1 atom stereocenters. The zero-order valence-electron chi connectivity index (χ0n) is 11.3. The number of nitrogens with one attached hydrogen (secondary N) is 1. The zero-order valence-corrected chi connectivity index (χ0v) is 11.3. The standard InChI is InChI=1S/C15H17N3O2/c1-15(20,12-5-3-2-4-6-12)7-14(19)18-9-11-8-16-17-13(11)10-18/h2-6,8,20H,7,9-10H2,1H3,(H,16,17). The van der Waals surface area contributed by atoms with Crippen molar-refractivity contribution < 1.29 is 9.90 Å². The summed E-state index contributed by atoms with van der Waals surface area (Å²) in [4.78, 5) is 14.1. The average molecular weight is 271 g/mol. The van der Waals surface area contributed by atoms with Crippen molar-refractivity contribution in [2.24, 2.45) is 0 Å². The Labute approximate surface area is 117 Å². The van der Waals surface area contributed by atoms with Gasteiger partial charge in [-0.15, -0.1) is 0 Å². The quantitative estimate of drug-likeness (QED) is 0.890. The number of hydrogen-bond acceptors (Lipinski definition) is 3. The summed E-state index contributed by atoms with van der Waals surface area (Å²) < 4.78 is 0. The Morgan fingerprint density at radius 3 is 2.85 bits per heavy atom. The Bertz CT molecular complexity index is 599. The second-order valence-corrected chi connectivity index (χ2v) is 5.44. The Hall–Kier alpha value is -2.14. The number of fused-ring (bicyclic) bond motifs is 1. The van der Waals surface area contributed by atoms with Crippen LogP contribution in [0.5, 0.6) is 0 Å². The fraction of sp³-hybridized carbons (Fsp3) is 0.333. The molecule has 1 aromatic carbocycles. The minimum absolute atomic E-state index is 0.0524. The summed E-state index contributed by atoms with van der Waals surface area (Å²) >= 11 is 0. The summed E-state index contributed by atoms with van der Waals surface area (Å²) in [6.45, 7) is 2.78. The molecule has 0 saturated heterocycles. The average Bonchev–Trinajstić information content (AvgIpc) is 3.00. The maximum absolute atomic E-state index is 12.3. The summed E-state index contributed by atoms with van der Waals surface area (Å²) in [5.74, 6) is -0.0524. The van der Waals surface area contributed by atoms with Crippen LogP contribution in [0.15, 0.2) is 36.5 Å². The highest BCUT2D eigenvalue weighted by Crippen LogP contribution is 2.27. The molecule has 0 radical (unpaired) electrons. The van der Waals surface area contributed by atoms with E-state index in [9.17, 15) is 9.90 Å². The number of amides is 1. The predicted octanol–water partition coefficient (Wildman–Crippen LogP) is 1.55. The van der Waals surface area contributed by atoms with Crippen molar-refractivity contribution in [2.45, 2.75) is 32.0 Å². The van der Waals surface area contributed by atoms with Crippen molar-refractivity contribution in [1.29, 1.82) is 0 Å². The smallest absolute Gasteiger partial charge is 0.226 e. The summed E-state index contributed by atoms with van der Waals surface area (Å²) in [6.07, 6.45) is 1.83. The lowest BCUT2D eigenvalue weighted by atomic mass is 9.92. The van der Waals surface area contributed by atoms with E-state index < -0.39 is 5.60 Å². The van der Waals surface area contributed by atoms with Gasteiger partial charge < -0.3 is 10.0 Å². The number of rotatable bonds is 3. The molecule has 5 heteroatoms. The maximum Gasteiger partial charge on any atom is 0.226 e. The summed E-state index contributed by atoms with van der Waals surface area (Å²) in [7, 11) is 0. The zero-order chi connectivity index (χ0) is 14.2. The van der Waals surface area contributed by atoms with Gasteiger partial charge in [0.2, 0.25) is 5.91 Å². The van der Waals surface area contributed by atoms with Gasteiger partial charge in [-0.25, -0.2) is 0 Å².